The number of pyridine rings is 1. The zero-order valence-electron chi connectivity index (χ0n) is 8.91. The largest absolute Gasteiger partial charge is 0.350 e. The maximum Gasteiger partial charge on any atom is 0.200 e. The quantitative estimate of drug-likeness (QED) is 0.800. The Morgan fingerprint density at radius 1 is 1.33 bits per heavy atom. The fourth-order valence-electron chi connectivity index (χ4n) is 1.37. The monoisotopic (exact) mass is 202 g/mol. The highest BCUT2D eigenvalue weighted by molar-refractivity contribution is 5.27. The standard InChI is InChI=1S/C11H14N4/c1-8-4-3-5-10(14-8)7-13-11-12-6-9(2)15-11/h3-6H,7H2,1-2H3,(H2,12,13,15). The van der Waals surface area contributed by atoms with Crippen LogP contribution in [0.5, 0.6) is 0 Å². The summed E-state index contributed by atoms with van der Waals surface area (Å²) in [5.74, 6) is 0.788. The molecule has 15 heavy (non-hydrogen) atoms. The van der Waals surface area contributed by atoms with E-state index in [2.05, 4.69) is 20.3 Å². The molecule has 2 aromatic heterocycles. The molecule has 0 aliphatic heterocycles. The van der Waals surface area contributed by atoms with Crippen LogP contribution in [0.25, 0.3) is 0 Å². The van der Waals surface area contributed by atoms with Crippen molar-refractivity contribution in [2.45, 2.75) is 20.4 Å². The predicted molar refractivity (Wildman–Crippen MR) is 59.6 cm³/mol. The lowest BCUT2D eigenvalue weighted by molar-refractivity contribution is 0.994. The molecular weight excluding hydrogens is 188 g/mol. The van der Waals surface area contributed by atoms with Gasteiger partial charge in [-0.25, -0.2) is 4.98 Å². The Kier molecular flexibility index (Phi) is 2.67. The Labute approximate surface area is 88.8 Å². The molecule has 0 atom stereocenters. The topological polar surface area (TPSA) is 53.6 Å². The van der Waals surface area contributed by atoms with E-state index < -0.39 is 0 Å². The molecule has 0 bridgehead atoms. The van der Waals surface area contributed by atoms with E-state index in [4.69, 9.17) is 0 Å². The highest BCUT2D eigenvalue weighted by Crippen LogP contribution is 2.04. The molecule has 0 amide bonds. The van der Waals surface area contributed by atoms with Crippen molar-refractivity contribution in [2.75, 3.05) is 5.32 Å². The number of hydrogen-bond donors (Lipinski definition) is 2. The SMILES string of the molecule is Cc1cccc(CNc2ncc(C)[nH]2)n1. The van der Waals surface area contributed by atoms with Gasteiger partial charge in [0.15, 0.2) is 0 Å². The van der Waals surface area contributed by atoms with Gasteiger partial charge in [0.2, 0.25) is 5.95 Å². The molecule has 78 valence electrons. The number of aromatic amines is 1. The Balaban J connectivity index is 1.99. The first kappa shape index (κ1) is 9.71. The smallest absolute Gasteiger partial charge is 0.200 e. The van der Waals surface area contributed by atoms with Gasteiger partial charge >= 0.3 is 0 Å². The van der Waals surface area contributed by atoms with E-state index in [9.17, 15) is 0 Å². The lowest BCUT2D eigenvalue weighted by atomic mass is 10.3. The molecule has 0 aromatic carbocycles. The second kappa shape index (κ2) is 4.13. The maximum atomic E-state index is 4.39. The van der Waals surface area contributed by atoms with Crippen molar-refractivity contribution in [3.8, 4) is 0 Å². The molecule has 0 fully saturated rings. The van der Waals surface area contributed by atoms with Gasteiger partial charge in [0.05, 0.1) is 12.2 Å². The van der Waals surface area contributed by atoms with Gasteiger partial charge in [-0.15, -0.1) is 0 Å². The molecule has 2 N–H and O–H groups in total. The summed E-state index contributed by atoms with van der Waals surface area (Å²) in [6, 6.07) is 5.99. The molecule has 2 aromatic rings. The van der Waals surface area contributed by atoms with E-state index in [1.54, 1.807) is 6.20 Å². The second-order valence-electron chi connectivity index (χ2n) is 3.54. The lowest BCUT2D eigenvalue weighted by Gasteiger charge is -2.02. The molecule has 0 aliphatic rings. The number of aryl methyl sites for hydroxylation is 2. The van der Waals surface area contributed by atoms with Crippen molar-refractivity contribution in [3.63, 3.8) is 0 Å². The third-order valence-electron chi connectivity index (χ3n) is 2.09. The Morgan fingerprint density at radius 2 is 2.20 bits per heavy atom. The summed E-state index contributed by atoms with van der Waals surface area (Å²) < 4.78 is 0. The number of imidazole rings is 1. The Hall–Kier alpha value is -1.84. The first-order valence-electron chi connectivity index (χ1n) is 4.92. The highest BCUT2D eigenvalue weighted by Gasteiger charge is 1.97. The number of rotatable bonds is 3. The van der Waals surface area contributed by atoms with Crippen molar-refractivity contribution in [2.24, 2.45) is 0 Å². The van der Waals surface area contributed by atoms with Crippen LogP contribution in [0, 0.1) is 13.8 Å². The van der Waals surface area contributed by atoms with Crippen molar-refractivity contribution in [3.05, 3.63) is 41.5 Å². The first-order chi connectivity index (χ1) is 7.24. The maximum absolute atomic E-state index is 4.39. The number of hydrogen-bond acceptors (Lipinski definition) is 3. The van der Waals surface area contributed by atoms with Gasteiger partial charge in [-0.05, 0) is 26.0 Å². The molecule has 2 heterocycles. The van der Waals surface area contributed by atoms with Gasteiger partial charge in [0.25, 0.3) is 0 Å². The van der Waals surface area contributed by atoms with Crippen LogP contribution in [0.15, 0.2) is 24.4 Å². The minimum Gasteiger partial charge on any atom is -0.350 e. The summed E-state index contributed by atoms with van der Waals surface area (Å²) in [7, 11) is 0. The molecule has 0 saturated carbocycles. The molecular formula is C11H14N4. The fraction of sp³-hybridized carbons (Fsp3) is 0.273. The fourth-order valence-corrected chi connectivity index (χ4v) is 1.37. The van der Waals surface area contributed by atoms with Crippen LogP contribution in [-0.2, 0) is 6.54 Å². The second-order valence-corrected chi connectivity index (χ2v) is 3.54. The average molecular weight is 202 g/mol. The average Bonchev–Trinajstić information content (AvgIpc) is 2.62. The molecule has 0 unspecified atom stereocenters. The number of nitrogens with one attached hydrogen (secondary N) is 2. The lowest BCUT2D eigenvalue weighted by Crippen LogP contribution is -2.03. The normalized spacial score (nSPS) is 10.3. The highest BCUT2D eigenvalue weighted by atomic mass is 15.1. The van der Waals surface area contributed by atoms with Gasteiger partial charge in [0.1, 0.15) is 0 Å². The summed E-state index contributed by atoms with van der Waals surface area (Å²) in [5.41, 5.74) is 3.10. The van der Waals surface area contributed by atoms with Gasteiger partial charge in [-0.1, -0.05) is 6.07 Å². The number of aromatic nitrogens is 3. The van der Waals surface area contributed by atoms with E-state index in [1.165, 1.54) is 0 Å². The molecule has 4 nitrogen and oxygen atoms in total. The van der Waals surface area contributed by atoms with Gasteiger partial charge in [0, 0.05) is 17.6 Å². The molecule has 0 saturated heterocycles. The summed E-state index contributed by atoms with van der Waals surface area (Å²) >= 11 is 0. The van der Waals surface area contributed by atoms with E-state index >= 15 is 0 Å². The van der Waals surface area contributed by atoms with Crippen molar-refractivity contribution < 1.29 is 0 Å². The third kappa shape index (κ3) is 2.56. The van der Waals surface area contributed by atoms with E-state index in [0.29, 0.717) is 6.54 Å². The zero-order valence-corrected chi connectivity index (χ0v) is 8.91. The number of anilines is 1. The summed E-state index contributed by atoms with van der Waals surface area (Å²) in [6.07, 6.45) is 1.80. The first-order valence-corrected chi connectivity index (χ1v) is 4.92. The van der Waals surface area contributed by atoms with Gasteiger partial charge < -0.3 is 10.3 Å². The summed E-state index contributed by atoms with van der Waals surface area (Å²) in [6.45, 7) is 4.65. The molecule has 2 rings (SSSR count). The Morgan fingerprint density at radius 3 is 2.87 bits per heavy atom. The van der Waals surface area contributed by atoms with Gasteiger partial charge in [-0.2, -0.15) is 0 Å². The van der Waals surface area contributed by atoms with Crippen LogP contribution in [0.3, 0.4) is 0 Å². The van der Waals surface area contributed by atoms with Crippen molar-refractivity contribution in [1.82, 2.24) is 15.0 Å². The van der Waals surface area contributed by atoms with E-state index in [-0.39, 0.29) is 0 Å². The summed E-state index contributed by atoms with van der Waals surface area (Å²) in [5, 5.41) is 3.18. The van der Waals surface area contributed by atoms with Crippen LogP contribution >= 0.6 is 0 Å². The van der Waals surface area contributed by atoms with E-state index in [1.807, 2.05) is 32.0 Å². The van der Waals surface area contributed by atoms with Crippen LogP contribution < -0.4 is 5.32 Å². The predicted octanol–water partition coefficient (Wildman–Crippen LogP) is 2.03. The molecule has 0 aliphatic carbocycles. The van der Waals surface area contributed by atoms with Crippen molar-refractivity contribution in [1.29, 1.82) is 0 Å². The Bertz CT molecular complexity index is 447. The molecule has 0 radical (unpaired) electrons. The zero-order chi connectivity index (χ0) is 10.7. The van der Waals surface area contributed by atoms with Gasteiger partial charge in [-0.3, -0.25) is 4.98 Å². The molecule has 0 spiro atoms. The minimum absolute atomic E-state index is 0.689. The minimum atomic E-state index is 0.689. The summed E-state index contributed by atoms with van der Waals surface area (Å²) in [4.78, 5) is 11.7. The number of H-pyrrole nitrogens is 1. The van der Waals surface area contributed by atoms with E-state index in [0.717, 1.165) is 23.0 Å². The van der Waals surface area contributed by atoms with Crippen LogP contribution in [-0.4, -0.2) is 15.0 Å². The molecule has 4 heteroatoms. The van der Waals surface area contributed by atoms with Crippen LogP contribution in [0.2, 0.25) is 0 Å². The van der Waals surface area contributed by atoms with Crippen LogP contribution in [0.4, 0.5) is 5.95 Å². The van der Waals surface area contributed by atoms with Crippen LogP contribution in [0.1, 0.15) is 17.1 Å². The van der Waals surface area contributed by atoms with Crippen molar-refractivity contribution >= 4 is 5.95 Å². The third-order valence-corrected chi connectivity index (χ3v) is 2.09. The number of nitrogens with zero attached hydrogens (tertiary/aromatic N) is 2.